The molecule has 0 bridgehead atoms. The molecule has 4 heteroatoms. The van der Waals surface area contributed by atoms with E-state index in [4.69, 9.17) is 9.84 Å². The number of pyridine rings is 1. The number of hydrogen-bond donors (Lipinski definition) is 1. The summed E-state index contributed by atoms with van der Waals surface area (Å²) < 4.78 is 18.7. The molecule has 0 radical (unpaired) electrons. The molecule has 1 heterocycles. The van der Waals surface area contributed by atoms with Gasteiger partial charge in [-0.1, -0.05) is 6.08 Å². The zero-order valence-corrected chi connectivity index (χ0v) is 9.82. The second-order valence-corrected chi connectivity index (χ2v) is 4.27. The van der Waals surface area contributed by atoms with Crippen LogP contribution in [0.15, 0.2) is 18.3 Å². The molecule has 1 aliphatic carbocycles. The second kappa shape index (κ2) is 5.27. The van der Waals surface area contributed by atoms with Crippen LogP contribution in [0.1, 0.15) is 24.8 Å². The largest absolute Gasteiger partial charge is 0.481 e. The second-order valence-electron chi connectivity index (χ2n) is 4.27. The zero-order valence-electron chi connectivity index (χ0n) is 9.82. The van der Waals surface area contributed by atoms with Gasteiger partial charge in [0, 0.05) is 18.2 Å². The van der Waals surface area contributed by atoms with Crippen molar-refractivity contribution in [3.63, 3.8) is 0 Å². The van der Waals surface area contributed by atoms with Gasteiger partial charge in [-0.25, -0.2) is 9.37 Å². The number of methoxy groups -OCH3 is 1. The van der Waals surface area contributed by atoms with Gasteiger partial charge in [0.05, 0.1) is 13.3 Å². The molecule has 0 aliphatic heterocycles. The van der Waals surface area contributed by atoms with Crippen molar-refractivity contribution in [3.8, 4) is 5.88 Å². The summed E-state index contributed by atoms with van der Waals surface area (Å²) in [5, 5.41) is 9.17. The lowest BCUT2D eigenvalue weighted by Crippen LogP contribution is -2.11. The quantitative estimate of drug-likeness (QED) is 0.877. The van der Waals surface area contributed by atoms with Gasteiger partial charge in [-0.05, 0) is 30.8 Å². The Morgan fingerprint density at radius 3 is 3.12 bits per heavy atom. The molecule has 3 nitrogen and oxygen atoms in total. The predicted molar refractivity (Wildman–Crippen MR) is 63.2 cm³/mol. The maximum atomic E-state index is 13.7. The van der Waals surface area contributed by atoms with E-state index in [1.807, 2.05) is 6.08 Å². The van der Waals surface area contributed by atoms with Crippen LogP contribution < -0.4 is 4.74 Å². The number of allylic oxidation sites excluding steroid dienone is 2. The van der Waals surface area contributed by atoms with Crippen LogP contribution in [0.2, 0.25) is 0 Å². The predicted octanol–water partition coefficient (Wildman–Crippen LogP) is 2.41. The minimum atomic E-state index is -0.337. The van der Waals surface area contributed by atoms with Crippen molar-refractivity contribution in [2.75, 3.05) is 13.7 Å². The molecule has 0 spiro atoms. The van der Waals surface area contributed by atoms with Gasteiger partial charge >= 0.3 is 0 Å². The molecule has 92 valence electrons. The van der Waals surface area contributed by atoms with E-state index < -0.39 is 0 Å². The van der Waals surface area contributed by atoms with Crippen molar-refractivity contribution in [1.29, 1.82) is 0 Å². The summed E-state index contributed by atoms with van der Waals surface area (Å²) in [6.45, 7) is 0.154. The number of halogens is 1. The minimum absolute atomic E-state index is 0.154. The number of nitrogens with zero attached hydrogens (tertiary/aromatic N) is 1. The van der Waals surface area contributed by atoms with Crippen LogP contribution in [-0.2, 0) is 0 Å². The fourth-order valence-electron chi connectivity index (χ4n) is 2.14. The van der Waals surface area contributed by atoms with Crippen LogP contribution in [-0.4, -0.2) is 23.8 Å². The van der Waals surface area contributed by atoms with Crippen LogP contribution in [0.5, 0.6) is 5.88 Å². The van der Waals surface area contributed by atoms with Gasteiger partial charge < -0.3 is 9.84 Å². The summed E-state index contributed by atoms with van der Waals surface area (Å²) in [6, 6.07) is 1.61. The monoisotopic (exact) mass is 237 g/mol. The van der Waals surface area contributed by atoms with E-state index >= 15 is 0 Å². The van der Waals surface area contributed by atoms with Crippen molar-refractivity contribution >= 4 is 5.57 Å². The number of ether oxygens (including phenoxy) is 1. The smallest absolute Gasteiger partial charge is 0.213 e. The number of hydrogen-bond acceptors (Lipinski definition) is 3. The highest BCUT2D eigenvalue weighted by molar-refractivity contribution is 5.67. The molecule has 1 aromatic heterocycles. The number of aliphatic hydroxyl groups is 1. The average Bonchev–Trinajstić information content (AvgIpc) is 2.39. The normalized spacial score (nSPS) is 19.9. The highest BCUT2D eigenvalue weighted by atomic mass is 19.1. The van der Waals surface area contributed by atoms with Gasteiger partial charge in [-0.15, -0.1) is 0 Å². The Morgan fingerprint density at radius 2 is 2.41 bits per heavy atom. The topological polar surface area (TPSA) is 42.4 Å². The number of aromatic nitrogens is 1. The van der Waals surface area contributed by atoms with Crippen molar-refractivity contribution in [1.82, 2.24) is 4.98 Å². The summed E-state index contributed by atoms with van der Waals surface area (Å²) in [4.78, 5) is 3.82. The lowest BCUT2D eigenvalue weighted by molar-refractivity contribution is 0.219. The van der Waals surface area contributed by atoms with Gasteiger partial charge in [0.1, 0.15) is 5.82 Å². The maximum absolute atomic E-state index is 13.7. The SMILES string of the molecule is COc1cc(C2=CCCC(CO)C2)c(F)cn1. The standard InChI is InChI=1S/C13H16FNO2/c1-17-13-6-11(12(14)7-15-13)10-4-2-3-9(5-10)8-16/h4,6-7,9,16H,2-3,5,8H2,1H3. The van der Waals surface area contributed by atoms with Crippen molar-refractivity contribution in [2.24, 2.45) is 5.92 Å². The highest BCUT2D eigenvalue weighted by Crippen LogP contribution is 2.32. The van der Waals surface area contributed by atoms with Crippen molar-refractivity contribution in [3.05, 3.63) is 29.7 Å². The summed E-state index contributed by atoms with van der Waals surface area (Å²) in [7, 11) is 1.51. The van der Waals surface area contributed by atoms with E-state index in [-0.39, 0.29) is 18.3 Å². The van der Waals surface area contributed by atoms with Crippen LogP contribution >= 0.6 is 0 Å². The Kier molecular flexibility index (Phi) is 3.74. The van der Waals surface area contributed by atoms with Gasteiger partial charge in [-0.2, -0.15) is 0 Å². The molecular formula is C13H16FNO2. The van der Waals surface area contributed by atoms with E-state index in [2.05, 4.69) is 4.98 Å². The van der Waals surface area contributed by atoms with Crippen molar-refractivity contribution in [2.45, 2.75) is 19.3 Å². The molecule has 0 fully saturated rings. The molecule has 0 saturated heterocycles. The third-order valence-corrected chi connectivity index (χ3v) is 3.12. The Bertz CT molecular complexity index is 431. The molecule has 1 N–H and O–H groups in total. The Labute approximate surface area is 99.9 Å². The van der Waals surface area contributed by atoms with Gasteiger partial charge in [0.2, 0.25) is 5.88 Å². The van der Waals surface area contributed by atoms with E-state index in [0.717, 1.165) is 18.4 Å². The van der Waals surface area contributed by atoms with Gasteiger partial charge in [0.15, 0.2) is 0 Å². The Balaban J connectivity index is 2.29. The minimum Gasteiger partial charge on any atom is -0.481 e. The third-order valence-electron chi connectivity index (χ3n) is 3.12. The molecule has 0 saturated carbocycles. The average molecular weight is 237 g/mol. The maximum Gasteiger partial charge on any atom is 0.213 e. The number of rotatable bonds is 3. The Hall–Kier alpha value is -1.42. The summed E-state index contributed by atoms with van der Waals surface area (Å²) in [5.74, 6) is 0.303. The third kappa shape index (κ3) is 2.64. The molecule has 1 aliphatic rings. The van der Waals surface area contributed by atoms with E-state index in [1.54, 1.807) is 6.07 Å². The van der Waals surface area contributed by atoms with E-state index in [9.17, 15) is 4.39 Å². The molecule has 1 atom stereocenters. The van der Waals surface area contributed by atoms with Crippen LogP contribution in [0.3, 0.4) is 0 Å². The first-order chi connectivity index (χ1) is 8.24. The van der Waals surface area contributed by atoms with Gasteiger partial charge in [0.25, 0.3) is 0 Å². The fraction of sp³-hybridized carbons (Fsp3) is 0.462. The highest BCUT2D eigenvalue weighted by Gasteiger charge is 2.18. The lowest BCUT2D eigenvalue weighted by atomic mass is 9.86. The molecule has 0 amide bonds. The lowest BCUT2D eigenvalue weighted by Gasteiger charge is -2.21. The van der Waals surface area contributed by atoms with Gasteiger partial charge in [-0.3, -0.25) is 0 Å². The first-order valence-electron chi connectivity index (χ1n) is 5.74. The molecule has 1 unspecified atom stereocenters. The molecule has 0 aromatic carbocycles. The molecular weight excluding hydrogens is 221 g/mol. The van der Waals surface area contributed by atoms with Crippen LogP contribution in [0, 0.1) is 11.7 Å². The summed E-state index contributed by atoms with van der Waals surface area (Å²) in [5.41, 5.74) is 1.48. The first-order valence-corrected chi connectivity index (χ1v) is 5.74. The summed E-state index contributed by atoms with van der Waals surface area (Å²) >= 11 is 0. The molecule has 2 rings (SSSR count). The van der Waals surface area contributed by atoms with E-state index in [0.29, 0.717) is 17.9 Å². The summed E-state index contributed by atoms with van der Waals surface area (Å²) in [6.07, 6.45) is 5.76. The van der Waals surface area contributed by atoms with Crippen LogP contribution in [0.4, 0.5) is 4.39 Å². The zero-order chi connectivity index (χ0) is 12.3. The Morgan fingerprint density at radius 1 is 1.59 bits per heavy atom. The van der Waals surface area contributed by atoms with Crippen LogP contribution in [0.25, 0.3) is 5.57 Å². The molecule has 1 aromatic rings. The van der Waals surface area contributed by atoms with E-state index in [1.165, 1.54) is 13.3 Å². The fourth-order valence-corrected chi connectivity index (χ4v) is 2.14. The molecule has 17 heavy (non-hydrogen) atoms. The first kappa shape index (κ1) is 12.0. The van der Waals surface area contributed by atoms with Crippen molar-refractivity contribution < 1.29 is 14.2 Å². The number of aliphatic hydroxyl groups excluding tert-OH is 1.